The first kappa shape index (κ1) is 7.43. The van der Waals surface area contributed by atoms with Gasteiger partial charge in [0.25, 0.3) is 0 Å². The molecule has 0 radical (unpaired) electrons. The third kappa shape index (κ3) is 5.43. The number of rotatable bonds is 3. The van der Waals surface area contributed by atoms with Gasteiger partial charge in [-0.25, -0.2) is 0 Å². The van der Waals surface area contributed by atoms with Crippen LogP contribution < -0.4 is 0 Å². The van der Waals surface area contributed by atoms with Crippen molar-refractivity contribution in [3.8, 4) is 0 Å². The van der Waals surface area contributed by atoms with Crippen LogP contribution in [0.25, 0.3) is 0 Å². The lowest BCUT2D eigenvalue weighted by Crippen LogP contribution is -1.72. The highest BCUT2D eigenvalue weighted by Crippen LogP contribution is 2.06. The predicted octanol–water partition coefficient (Wildman–Crippen LogP) is 2.39. The van der Waals surface area contributed by atoms with Crippen molar-refractivity contribution in [3.05, 3.63) is 0 Å². The lowest BCUT2D eigenvalue weighted by atomic mass is 10.6. The molecule has 0 saturated carbocycles. The SMILES string of the molecule is SSCCCI. The maximum Gasteiger partial charge on any atom is 0.00417 e. The van der Waals surface area contributed by atoms with Crippen molar-refractivity contribution in [2.24, 2.45) is 0 Å². The summed E-state index contributed by atoms with van der Waals surface area (Å²) in [5, 5.41) is 0. The Morgan fingerprint density at radius 2 is 2.33 bits per heavy atom. The van der Waals surface area contributed by atoms with Crippen molar-refractivity contribution in [1.29, 1.82) is 0 Å². The zero-order chi connectivity index (χ0) is 4.83. The molecule has 0 amide bonds. The van der Waals surface area contributed by atoms with E-state index in [4.69, 9.17) is 0 Å². The molecule has 0 spiro atoms. The standard InChI is InChI=1S/C3H7IS2/c4-2-1-3-6-5/h5H,1-3H2. The molecule has 0 aromatic carbocycles. The Hall–Kier alpha value is 1.43. The predicted molar refractivity (Wildman–Crippen MR) is 44.9 cm³/mol. The van der Waals surface area contributed by atoms with Crippen LogP contribution in [-0.4, -0.2) is 10.2 Å². The molecule has 0 rings (SSSR count). The third-order valence-corrected chi connectivity index (χ3v) is 2.15. The molecule has 0 aromatic rings. The van der Waals surface area contributed by atoms with E-state index in [9.17, 15) is 0 Å². The third-order valence-electron chi connectivity index (χ3n) is 0.369. The molecule has 0 aliphatic rings. The molecule has 0 aliphatic heterocycles. The van der Waals surface area contributed by atoms with Crippen LogP contribution in [0.3, 0.4) is 0 Å². The average Bonchev–Trinajstić information content (AvgIpc) is 1.61. The summed E-state index contributed by atoms with van der Waals surface area (Å²) in [5.41, 5.74) is 0. The summed E-state index contributed by atoms with van der Waals surface area (Å²) in [6, 6.07) is 0. The van der Waals surface area contributed by atoms with Crippen LogP contribution in [0.5, 0.6) is 0 Å². The van der Waals surface area contributed by atoms with E-state index in [0.717, 1.165) is 0 Å². The van der Waals surface area contributed by atoms with Gasteiger partial charge < -0.3 is 0 Å². The summed E-state index contributed by atoms with van der Waals surface area (Å²) >= 11 is 6.33. The first-order valence-corrected chi connectivity index (χ1v) is 5.30. The van der Waals surface area contributed by atoms with Crippen molar-refractivity contribution in [1.82, 2.24) is 0 Å². The molecule has 0 heterocycles. The normalized spacial score (nSPS) is 9.00. The minimum Gasteiger partial charge on any atom is -0.111 e. The monoisotopic (exact) mass is 234 g/mol. The van der Waals surface area contributed by atoms with Gasteiger partial charge in [0.2, 0.25) is 0 Å². The Morgan fingerprint density at radius 3 is 2.50 bits per heavy atom. The van der Waals surface area contributed by atoms with E-state index in [1.807, 2.05) is 0 Å². The molecule has 0 bridgehead atoms. The molecule has 38 valence electrons. The maximum atomic E-state index is 3.97. The van der Waals surface area contributed by atoms with Gasteiger partial charge in [-0.2, -0.15) is 0 Å². The lowest BCUT2D eigenvalue weighted by molar-refractivity contribution is 1.15. The highest BCUT2D eigenvalue weighted by molar-refractivity contribution is 14.1. The first-order valence-electron chi connectivity index (χ1n) is 1.74. The second kappa shape index (κ2) is 6.43. The van der Waals surface area contributed by atoms with E-state index < -0.39 is 0 Å². The van der Waals surface area contributed by atoms with Gasteiger partial charge in [-0.3, -0.25) is 0 Å². The summed E-state index contributed by atoms with van der Waals surface area (Å²) in [7, 11) is 1.62. The molecule has 0 N–H and O–H groups in total. The molecule has 3 heteroatoms. The minimum absolute atomic E-state index is 1.19. The average molecular weight is 234 g/mol. The summed E-state index contributed by atoms with van der Waals surface area (Å²) in [6.07, 6.45) is 1.29. The van der Waals surface area contributed by atoms with Crippen LogP contribution in [0.15, 0.2) is 0 Å². The topological polar surface area (TPSA) is 0 Å². The van der Waals surface area contributed by atoms with Crippen LogP contribution in [0.2, 0.25) is 0 Å². The van der Waals surface area contributed by atoms with Crippen molar-refractivity contribution < 1.29 is 0 Å². The maximum absolute atomic E-state index is 3.97. The van der Waals surface area contributed by atoms with Crippen LogP contribution >= 0.6 is 45.0 Å². The van der Waals surface area contributed by atoms with E-state index in [2.05, 4.69) is 34.3 Å². The first-order chi connectivity index (χ1) is 2.91. The summed E-state index contributed by atoms with van der Waals surface area (Å²) in [5.74, 6) is 1.19. The number of hydrogen-bond donors (Lipinski definition) is 1. The van der Waals surface area contributed by atoms with Gasteiger partial charge in [-0.05, 0) is 6.42 Å². The number of halogens is 1. The molecular formula is C3H7IS2. The van der Waals surface area contributed by atoms with Gasteiger partial charge in [0.1, 0.15) is 0 Å². The van der Waals surface area contributed by atoms with E-state index in [1.165, 1.54) is 16.6 Å². The summed E-state index contributed by atoms with van der Waals surface area (Å²) < 4.78 is 1.26. The number of thiol groups is 1. The van der Waals surface area contributed by atoms with Crippen molar-refractivity contribution in [2.75, 3.05) is 10.2 Å². The smallest absolute Gasteiger partial charge is 0.00417 e. The van der Waals surface area contributed by atoms with Crippen molar-refractivity contribution in [2.45, 2.75) is 6.42 Å². The zero-order valence-electron chi connectivity index (χ0n) is 3.35. The quantitative estimate of drug-likeness (QED) is 0.257. The molecule has 0 nitrogen and oxygen atoms in total. The van der Waals surface area contributed by atoms with E-state index >= 15 is 0 Å². The van der Waals surface area contributed by atoms with Crippen molar-refractivity contribution >= 4 is 45.0 Å². The summed E-state index contributed by atoms with van der Waals surface area (Å²) in [6.45, 7) is 0. The molecule has 0 saturated heterocycles. The Morgan fingerprint density at radius 1 is 1.67 bits per heavy atom. The lowest BCUT2D eigenvalue weighted by Gasteiger charge is -1.84. The van der Waals surface area contributed by atoms with Gasteiger partial charge in [-0.1, -0.05) is 33.4 Å². The Labute approximate surface area is 61.4 Å². The van der Waals surface area contributed by atoms with Crippen LogP contribution in [0.1, 0.15) is 6.42 Å². The summed E-state index contributed by atoms with van der Waals surface area (Å²) in [4.78, 5) is 0. The molecule has 0 fully saturated rings. The number of hydrogen-bond acceptors (Lipinski definition) is 2. The van der Waals surface area contributed by atoms with Gasteiger partial charge in [-0.15, -0.1) is 11.7 Å². The van der Waals surface area contributed by atoms with Gasteiger partial charge in [0.05, 0.1) is 0 Å². The fourth-order valence-electron chi connectivity index (χ4n) is 0.119. The fraction of sp³-hybridized carbons (Fsp3) is 1.00. The molecule has 0 aromatic heterocycles. The van der Waals surface area contributed by atoms with Gasteiger partial charge >= 0.3 is 0 Å². The van der Waals surface area contributed by atoms with E-state index in [0.29, 0.717) is 0 Å². The molecule has 0 atom stereocenters. The minimum atomic E-state index is 1.19. The molecular weight excluding hydrogens is 227 g/mol. The Bertz CT molecular complexity index is 20.8. The van der Waals surface area contributed by atoms with E-state index in [-0.39, 0.29) is 0 Å². The second-order valence-corrected chi connectivity index (χ2v) is 3.40. The molecule has 0 unspecified atom stereocenters. The second-order valence-electron chi connectivity index (χ2n) is 0.876. The highest BCUT2D eigenvalue weighted by atomic mass is 127. The Balaban J connectivity index is 2.34. The van der Waals surface area contributed by atoms with Crippen LogP contribution in [-0.2, 0) is 0 Å². The highest BCUT2D eigenvalue weighted by Gasteiger charge is 1.77. The van der Waals surface area contributed by atoms with Crippen LogP contribution in [0.4, 0.5) is 0 Å². The molecule has 6 heavy (non-hydrogen) atoms. The van der Waals surface area contributed by atoms with Gasteiger partial charge in [0, 0.05) is 10.2 Å². The van der Waals surface area contributed by atoms with Crippen LogP contribution in [0, 0.1) is 0 Å². The number of alkyl halides is 1. The zero-order valence-corrected chi connectivity index (χ0v) is 7.22. The largest absolute Gasteiger partial charge is 0.111 e. The van der Waals surface area contributed by atoms with E-state index in [1.54, 1.807) is 10.8 Å². The fourth-order valence-corrected chi connectivity index (χ4v) is 1.68. The Kier molecular flexibility index (Phi) is 7.96. The molecule has 0 aliphatic carbocycles. The van der Waals surface area contributed by atoms with Gasteiger partial charge in [0.15, 0.2) is 0 Å². The van der Waals surface area contributed by atoms with Crippen molar-refractivity contribution in [3.63, 3.8) is 0 Å².